The number of rotatable bonds is 6. The first-order chi connectivity index (χ1) is 10.5. The molecule has 0 fully saturated rings. The summed E-state index contributed by atoms with van der Waals surface area (Å²) in [6, 6.07) is 5.75. The first-order valence-electron chi connectivity index (χ1n) is 7.59. The molecule has 1 aliphatic rings. The summed E-state index contributed by atoms with van der Waals surface area (Å²) in [5.74, 6) is 0.312. The number of hydrogen-bond donors (Lipinski definition) is 3. The molecule has 5 nitrogen and oxygen atoms in total. The van der Waals surface area contributed by atoms with E-state index in [0.717, 1.165) is 36.1 Å². The van der Waals surface area contributed by atoms with Gasteiger partial charge in [-0.2, -0.15) is 0 Å². The molecule has 0 atom stereocenters. The zero-order valence-corrected chi connectivity index (χ0v) is 13.2. The third-order valence-electron chi connectivity index (χ3n) is 3.71. The minimum atomic E-state index is -0.384. The number of nitrogens with one attached hydrogen (secondary N) is 2. The highest BCUT2D eigenvalue weighted by atomic mass is 16.5. The molecular formula is C17H23N3O2. The molecule has 1 aromatic carbocycles. The van der Waals surface area contributed by atoms with Crippen LogP contribution < -0.4 is 15.8 Å². The largest absolute Gasteiger partial charge is 0.493 e. The van der Waals surface area contributed by atoms with E-state index in [4.69, 9.17) is 15.9 Å². The van der Waals surface area contributed by atoms with Gasteiger partial charge in [0.1, 0.15) is 5.75 Å². The fourth-order valence-electron chi connectivity index (χ4n) is 2.59. The van der Waals surface area contributed by atoms with Crippen LogP contribution in [0.15, 0.2) is 23.8 Å². The number of amides is 1. The van der Waals surface area contributed by atoms with Crippen LogP contribution in [0.2, 0.25) is 0 Å². The highest BCUT2D eigenvalue weighted by Gasteiger charge is 2.19. The Kier molecular flexibility index (Phi) is 5.33. The fourth-order valence-corrected chi connectivity index (χ4v) is 2.59. The lowest BCUT2D eigenvalue weighted by Gasteiger charge is -2.21. The number of hydrogen-bond acceptors (Lipinski definition) is 4. The van der Waals surface area contributed by atoms with Gasteiger partial charge in [0, 0.05) is 23.4 Å². The summed E-state index contributed by atoms with van der Waals surface area (Å²) in [6.07, 6.45) is 1.66. The fraction of sp³-hybridized carbons (Fsp3) is 0.412. The molecule has 0 aromatic heterocycles. The Labute approximate surface area is 131 Å². The first kappa shape index (κ1) is 16.2. The van der Waals surface area contributed by atoms with E-state index in [1.807, 2.05) is 25.1 Å². The van der Waals surface area contributed by atoms with Crippen LogP contribution in [0.4, 0.5) is 0 Å². The summed E-state index contributed by atoms with van der Waals surface area (Å²) in [5.41, 5.74) is 9.29. The lowest BCUT2D eigenvalue weighted by Crippen LogP contribution is -2.31. The van der Waals surface area contributed by atoms with E-state index in [-0.39, 0.29) is 5.91 Å². The predicted octanol–water partition coefficient (Wildman–Crippen LogP) is 2.10. The lowest BCUT2D eigenvalue weighted by atomic mass is 9.92. The van der Waals surface area contributed by atoms with E-state index in [2.05, 4.69) is 5.32 Å². The van der Waals surface area contributed by atoms with Gasteiger partial charge in [0.15, 0.2) is 0 Å². The predicted molar refractivity (Wildman–Crippen MR) is 88.3 cm³/mol. The number of carbonyl (C=O) groups excluding carboxylic acids is 1. The van der Waals surface area contributed by atoms with Gasteiger partial charge in [-0.15, -0.1) is 0 Å². The summed E-state index contributed by atoms with van der Waals surface area (Å²) < 4.78 is 5.78. The monoisotopic (exact) mass is 301 g/mol. The second kappa shape index (κ2) is 7.22. The first-order valence-corrected chi connectivity index (χ1v) is 7.59. The van der Waals surface area contributed by atoms with Crippen LogP contribution in [-0.4, -0.2) is 31.3 Å². The van der Waals surface area contributed by atoms with Gasteiger partial charge >= 0.3 is 0 Å². The number of carbonyl (C=O) groups is 1. The van der Waals surface area contributed by atoms with Gasteiger partial charge in [-0.1, -0.05) is 13.0 Å². The van der Waals surface area contributed by atoms with Crippen molar-refractivity contribution in [3.8, 4) is 5.75 Å². The second-order valence-electron chi connectivity index (χ2n) is 5.43. The van der Waals surface area contributed by atoms with Gasteiger partial charge in [-0.3, -0.25) is 4.79 Å². The Morgan fingerprint density at radius 3 is 2.86 bits per heavy atom. The summed E-state index contributed by atoms with van der Waals surface area (Å²) in [6.45, 7) is 5.71. The molecule has 0 aliphatic carbocycles. The van der Waals surface area contributed by atoms with Crippen molar-refractivity contribution < 1.29 is 9.53 Å². The van der Waals surface area contributed by atoms with Gasteiger partial charge < -0.3 is 21.2 Å². The van der Waals surface area contributed by atoms with Crippen LogP contribution in [0.25, 0.3) is 5.57 Å². The van der Waals surface area contributed by atoms with E-state index in [9.17, 15) is 4.79 Å². The Hall–Kier alpha value is -2.14. The molecule has 1 heterocycles. The average Bonchev–Trinajstić information content (AvgIpc) is 2.52. The van der Waals surface area contributed by atoms with E-state index in [1.165, 1.54) is 0 Å². The Bertz CT molecular complexity index is 620. The average molecular weight is 301 g/mol. The van der Waals surface area contributed by atoms with Gasteiger partial charge in [0.05, 0.1) is 6.61 Å². The standard InChI is InChI=1S/C17H23N3O2/c1-3-8-22-16-9-12(4-5-13(16)11(2)18)14-6-7-20-10-15(14)17(19)21/h4-5,9,18,20H,3,6-8,10H2,1-2H3,(H2,19,21). The molecule has 2 rings (SSSR count). The summed E-state index contributed by atoms with van der Waals surface area (Å²) in [4.78, 5) is 11.6. The molecule has 0 spiro atoms. The number of nitrogens with two attached hydrogens (primary N) is 1. The van der Waals surface area contributed by atoms with E-state index < -0.39 is 0 Å². The molecule has 1 aliphatic heterocycles. The molecule has 0 unspecified atom stereocenters. The van der Waals surface area contributed by atoms with Crippen LogP contribution in [-0.2, 0) is 4.79 Å². The minimum absolute atomic E-state index is 0.384. The molecule has 22 heavy (non-hydrogen) atoms. The third-order valence-corrected chi connectivity index (χ3v) is 3.71. The van der Waals surface area contributed by atoms with Crippen molar-refractivity contribution in [1.29, 1.82) is 5.41 Å². The Morgan fingerprint density at radius 1 is 1.45 bits per heavy atom. The lowest BCUT2D eigenvalue weighted by molar-refractivity contribution is -0.114. The molecule has 1 amide bonds. The van der Waals surface area contributed by atoms with Crippen molar-refractivity contribution in [3.63, 3.8) is 0 Å². The highest BCUT2D eigenvalue weighted by molar-refractivity contribution is 6.02. The van der Waals surface area contributed by atoms with Gasteiger partial charge in [-0.25, -0.2) is 0 Å². The molecule has 118 valence electrons. The molecule has 0 saturated carbocycles. The van der Waals surface area contributed by atoms with Gasteiger partial charge in [0.2, 0.25) is 5.91 Å². The zero-order valence-electron chi connectivity index (χ0n) is 13.2. The van der Waals surface area contributed by atoms with Crippen molar-refractivity contribution >= 4 is 17.2 Å². The number of benzene rings is 1. The van der Waals surface area contributed by atoms with Gasteiger partial charge in [0.25, 0.3) is 0 Å². The quantitative estimate of drug-likeness (QED) is 0.703. The third kappa shape index (κ3) is 3.54. The minimum Gasteiger partial charge on any atom is -0.493 e. The second-order valence-corrected chi connectivity index (χ2v) is 5.43. The van der Waals surface area contributed by atoms with E-state index in [1.54, 1.807) is 6.92 Å². The summed E-state index contributed by atoms with van der Waals surface area (Å²) in [7, 11) is 0. The highest BCUT2D eigenvalue weighted by Crippen LogP contribution is 2.30. The number of primary amides is 1. The summed E-state index contributed by atoms with van der Waals surface area (Å²) in [5, 5.41) is 11.0. The molecule has 0 radical (unpaired) electrons. The van der Waals surface area contributed by atoms with Crippen LogP contribution in [0.3, 0.4) is 0 Å². The molecule has 5 heteroatoms. The molecule has 4 N–H and O–H groups in total. The molecule has 0 saturated heterocycles. The van der Waals surface area contributed by atoms with Crippen molar-refractivity contribution in [1.82, 2.24) is 5.32 Å². The Balaban J connectivity index is 2.47. The SMILES string of the molecule is CCCOc1cc(C2=C(C(N)=O)CNCC2)ccc1C(C)=N. The zero-order chi connectivity index (χ0) is 16.1. The summed E-state index contributed by atoms with van der Waals surface area (Å²) >= 11 is 0. The van der Waals surface area contributed by atoms with Crippen molar-refractivity contribution in [3.05, 3.63) is 34.9 Å². The van der Waals surface area contributed by atoms with Crippen molar-refractivity contribution in [2.75, 3.05) is 19.7 Å². The molecule has 1 aromatic rings. The smallest absolute Gasteiger partial charge is 0.246 e. The maximum Gasteiger partial charge on any atom is 0.246 e. The van der Waals surface area contributed by atoms with Crippen LogP contribution in [0.5, 0.6) is 5.75 Å². The maximum atomic E-state index is 11.6. The van der Waals surface area contributed by atoms with E-state index >= 15 is 0 Å². The van der Waals surface area contributed by atoms with Crippen molar-refractivity contribution in [2.45, 2.75) is 26.7 Å². The topological polar surface area (TPSA) is 88.2 Å². The van der Waals surface area contributed by atoms with Crippen LogP contribution in [0, 0.1) is 5.41 Å². The van der Waals surface area contributed by atoms with E-state index in [0.29, 0.717) is 30.2 Å². The maximum absolute atomic E-state index is 11.6. The van der Waals surface area contributed by atoms with Crippen molar-refractivity contribution in [2.24, 2.45) is 5.73 Å². The molecule has 0 bridgehead atoms. The number of ether oxygens (including phenoxy) is 1. The van der Waals surface area contributed by atoms with Crippen LogP contribution >= 0.6 is 0 Å². The Morgan fingerprint density at radius 2 is 2.23 bits per heavy atom. The van der Waals surface area contributed by atoms with Gasteiger partial charge in [-0.05, 0) is 49.6 Å². The molecular weight excluding hydrogens is 278 g/mol. The van der Waals surface area contributed by atoms with Crippen LogP contribution in [0.1, 0.15) is 37.8 Å². The normalized spacial score (nSPS) is 14.8.